The van der Waals surface area contributed by atoms with E-state index in [0.717, 1.165) is 17.3 Å². The molecule has 0 aromatic heterocycles. The van der Waals surface area contributed by atoms with Gasteiger partial charge in [0, 0.05) is 32.1 Å². The van der Waals surface area contributed by atoms with Crippen LogP contribution in [0.2, 0.25) is 0 Å². The Morgan fingerprint density at radius 2 is 1.93 bits per heavy atom. The number of amides is 2. The molecule has 0 aliphatic carbocycles. The third-order valence-corrected chi connectivity index (χ3v) is 5.40. The summed E-state index contributed by atoms with van der Waals surface area (Å²) in [5.41, 5.74) is 3.37. The zero-order chi connectivity index (χ0) is 21.4. The van der Waals surface area contributed by atoms with E-state index in [1.807, 2.05) is 0 Å². The molecule has 4 N–H and O–H groups in total. The number of carbonyl (C=O) groups excluding carboxylic acids is 3. The normalized spacial score (nSPS) is 17.5. The minimum absolute atomic E-state index is 0.0469. The number of carboxylic acid groups (broad SMARTS) is 1. The zero-order valence-corrected chi connectivity index (χ0v) is 16.9. The van der Waals surface area contributed by atoms with Crippen LogP contribution in [0.5, 0.6) is 5.75 Å². The van der Waals surface area contributed by atoms with Crippen LogP contribution in [0.3, 0.4) is 0 Å². The summed E-state index contributed by atoms with van der Waals surface area (Å²) in [6.07, 6.45) is 1.50. The predicted octanol–water partition coefficient (Wildman–Crippen LogP) is 0.670. The molecule has 0 radical (unpaired) electrons. The molecule has 1 aromatic carbocycles. The van der Waals surface area contributed by atoms with Gasteiger partial charge in [0.2, 0.25) is 16.9 Å². The summed E-state index contributed by atoms with van der Waals surface area (Å²) >= 11 is 0.944. The molecule has 0 spiro atoms. The molecule has 1 unspecified atom stereocenters. The van der Waals surface area contributed by atoms with Crippen molar-refractivity contribution in [2.24, 2.45) is 0 Å². The van der Waals surface area contributed by atoms with Crippen molar-refractivity contribution in [1.82, 2.24) is 15.8 Å². The number of hydrazine groups is 1. The van der Waals surface area contributed by atoms with E-state index < -0.39 is 18.1 Å². The van der Waals surface area contributed by atoms with Crippen LogP contribution in [-0.4, -0.2) is 62.5 Å². The highest BCUT2D eigenvalue weighted by molar-refractivity contribution is 8.13. The number of phenols is 1. The van der Waals surface area contributed by atoms with Crippen molar-refractivity contribution in [3.8, 4) is 5.75 Å². The second-order valence-electron chi connectivity index (χ2n) is 6.77. The Bertz CT molecular complexity index is 755. The molecule has 1 aliphatic rings. The van der Waals surface area contributed by atoms with E-state index >= 15 is 0 Å². The first kappa shape index (κ1) is 22.7. The molecule has 1 saturated heterocycles. The quantitative estimate of drug-likeness (QED) is 0.455. The number of aromatic hydroxyl groups is 1. The molecule has 2 atom stereocenters. The van der Waals surface area contributed by atoms with Crippen LogP contribution in [0.15, 0.2) is 24.3 Å². The number of hydrogen-bond acceptors (Lipinski definition) is 7. The lowest BCUT2D eigenvalue weighted by molar-refractivity contribution is -0.144. The molecule has 10 heteroatoms. The van der Waals surface area contributed by atoms with Gasteiger partial charge in [-0.25, -0.2) is 5.01 Å². The van der Waals surface area contributed by atoms with Gasteiger partial charge in [-0.3, -0.25) is 24.6 Å². The minimum atomic E-state index is -0.972. The van der Waals surface area contributed by atoms with Crippen LogP contribution in [0.4, 0.5) is 0 Å². The summed E-state index contributed by atoms with van der Waals surface area (Å²) in [6, 6.07) is 4.88. The number of phenolic OH excluding ortho intramolecular Hbond substituents is 1. The SMILES string of the molecule is CC(=O)NC(Cc1ccc(O)cc1)C(=O)SCCC(=O)NN1CCC[C@H]1C(=O)O. The van der Waals surface area contributed by atoms with Crippen molar-refractivity contribution >= 4 is 34.7 Å². The molecule has 0 bridgehead atoms. The van der Waals surface area contributed by atoms with Crippen molar-refractivity contribution in [3.63, 3.8) is 0 Å². The lowest BCUT2D eigenvalue weighted by Crippen LogP contribution is -2.48. The third-order valence-electron chi connectivity index (χ3n) is 4.42. The number of nitrogens with zero attached hydrogens (tertiary/aromatic N) is 1. The minimum Gasteiger partial charge on any atom is -0.508 e. The largest absolute Gasteiger partial charge is 0.508 e. The van der Waals surface area contributed by atoms with E-state index in [4.69, 9.17) is 5.11 Å². The summed E-state index contributed by atoms with van der Waals surface area (Å²) in [5.74, 6) is -1.34. The van der Waals surface area contributed by atoms with Crippen molar-refractivity contribution in [2.45, 2.75) is 44.7 Å². The Morgan fingerprint density at radius 3 is 2.55 bits per heavy atom. The summed E-state index contributed by atoms with van der Waals surface area (Å²) in [5, 5.41) is 22.2. The van der Waals surface area contributed by atoms with E-state index in [0.29, 0.717) is 19.4 Å². The average Bonchev–Trinajstić information content (AvgIpc) is 3.10. The van der Waals surface area contributed by atoms with Crippen LogP contribution in [0.1, 0.15) is 31.7 Å². The van der Waals surface area contributed by atoms with Crippen LogP contribution in [0, 0.1) is 0 Å². The van der Waals surface area contributed by atoms with Crippen molar-refractivity contribution in [2.75, 3.05) is 12.3 Å². The highest BCUT2D eigenvalue weighted by Gasteiger charge is 2.31. The van der Waals surface area contributed by atoms with Gasteiger partial charge in [0.05, 0.1) is 0 Å². The number of aliphatic carboxylic acids is 1. The molecule has 2 rings (SSSR count). The molecular weight excluding hydrogens is 398 g/mol. The number of rotatable bonds is 9. The number of nitrogens with one attached hydrogen (secondary N) is 2. The van der Waals surface area contributed by atoms with E-state index in [1.165, 1.54) is 24.1 Å². The van der Waals surface area contributed by atoms with Crippen molar-refractivity contribution in [1.29, 1.82) is 0 Å². The first-order valence-electron chi connectivity index (χ1n) is 9.27. The zero-order valence-electron chi connectivity index (χ0n) is 16.1. The summed E-state index contributed by atoms with van der Waals surface area (Å²) < 4.78 is 0. The third kappa shape index (κ3) is 7.39. The fourth-order valence-corrected chi connectivity index (χ4v) is 3.86. The van der Waals surface area contributed by atoms with Gasteiger partial charge in [-0.1, -0.05) is 23.9 Å². The average molecular weight is 423 g/mol. The van der Waals surface area contributed by atoms with Gasteiger partial charge in [0.25, 0.3) is 0 Å². The van der Waals surface area contributed by atoms with Gasteiger partial charge in [-0.15, -0.1) is 0 Å². The second kappa shape index (κ2) is 10.8. The number of carbonyl (C=O) groups is 4. The molecule has 1 aliphatic heterocycles. The van der Waals surface area contributed by atoms with Crippen LogP contribution < -0.4 is 10.7 Å². The highest BCUT2D eigenvalue weighted by atomic mass is 32.2. The van der Waals surface area contributed by atoms with Crippen molar-refractivity contribution < 1.29 is 29.4 Å². The molecule has 2 amide bonds. The summed E-state index contributed by atoms with van der Waals surface area (Å²) in [6.45, 7) is 1.80. The van der Waals surface area contributed by atoms with Gasteiger partial charge in [-0.2, -0.15) is 0 Å². The number of hydrogen-bond donors (Lipinski definition) is 4. The van der Waals surface area contributed by atoms with Gasteiger partial charge in [0.15, 0.2) is 0 Å². The van der Waals surface area contributed by atoms with E-state index in [-0.39, 0.29) is 41.3 Å². The molecule has 0 saturated carbocycles. The Hall–Kier alpha value is -2.59. The second-order valence-corrected chi connectivity index (χ2v) is 7.87. The molecule has 29 heavy (non-hydrogen) atoms. The summed E-state index contributed by atoms with van der Waals surface area (Å²) in [7, 11) is 0. The van der Waals surface area contributed by atoms with Gasteiger partial charge >= 0.3 is 5.97 Å². The maximum absolute atomic E-state index is 12.5. The fraction of sp³-hybridized carbons (Fsp3) is 0.474. The van der Waals surface area contributed by atoms with Gasteiger partial charge < -0.3 is 15.5 Å². The van der Waals surface area contributed by atoms with E-state index in [2.05, 4.69) is 10.7 Å². The molecule has 1 aromatic rings. The lowest BCUT2D eigenvalue weighted by atomic mass is 10.1. The van der Waals surface area contributed by atoms with Crippen LogP contribution in [-0.2, 0) is 25.6 Å². The number of carboxylic acids is 1. The smallest absolute Gasteiger partial charge is 0.322 e. The van der Waals surface area contributed by atoms with E-state index in [9.17, 15) is 24.3 Å². The molecular formula is C19H25N3O6S. The Morgan fingerprint density at radius 1 is 1.24 bits per heavy atom. The fourth-order valence-electron chi connectivity index (χ4n) is 3.02. The van der Waals surface area contributed by atoms with E-state index in [1.54, 1.807) is 12.1 Å². The molecule has 158 valence electrons. The number of thioether (sulfide) groups is 1. The van der Waals surface area contributed by atoms with Crippen LogP contribution in [0.25, 0.3) is 0 Å². The standard InChI is InChI=1S/C19H25N3O6S/c1-12(23)20-15(11-13-4-6-14(24)7-5-13)19(28)29-10-8-17(25)21-22-9-2-3-16(22)18(26)27/h4-7,15-16,24H,2-3,8-11H2,1H3,(H,20,23)(H,21,25)(H,26,27)/t15?,16-/m0/s1. The van der Waals surface area contributed by atoms with Crippen LogP contribution >= 0.6 is 11.8 Å². The topological polar surface area (TPSA) is 136 Å². The van der Waals surface area contributed by atoms with Gasteiger partial charge in [0.1, 0.15) is 17.8 Å². The maximum Gasteiger partial charge on any atom is 0.322 e. The monoisotopic (exact) mass is 423 g/mol. The molecule has 1 fully saturated rings. The maximum atomic E-state index is 12.5. The Balaban J connectivity index is 1.82. The predicted molar refractivity (Wildman–Crippen MR) is 107 cm³/mol. The first-order chi connectivity index (χ1) is 13.8. The molecule has 1 heterocycles. The van der Waals surface area contributed by atoms with Crippen molar-refractivity contribution in [3.05, 3.63) is 29.8 Å². The van der Waals surface area contributed by atoms with Gasteiger partial charge in [-0.05, 0) is 30.5 Å². The summed E-state index contributed by atoms with van der Waals surface area (Å²) in [4.78, 5) is 47.1. The Labute approximate surface area is 172 Å². The lowest BCUT2D eigenvalue weighted by Gasteiger charge is -2.21. The Kier molecular flexibility index (Phi) is 8.47. The first-order valence-corrected chi connectivity index (χ1v) is 10.3. The molecule has 9 nitrogen and oxygen atoms in total. The number of benzene rings is 1. The highest BCUT2D eigenvalue weighted by Crippen LogP contribution is 2.17.